The van der Waals surface area contributed by atoms with Crippen LogP contribution in [0.2, 0.25) is 0 Å². The molecule has 0 saturated heterocycles. The number of carbonyl (C=O) groups is 2. The minimum absolute atomic E-state index is 0.0515. The number of esters is 1. The highest BCUT2D eigenvalue weighted by Gasteiger charge is 2.24. The van der Waals surface area contributed by atoms with Crippen LogP contribution >= 0.6 is 0 Å². The first-order valence-corrected chi connectivity index (χ1v) is 9.61. The molecule has 1 amide bonds. The second-order valence-corrected chi connectivity index (χ2v) is 8.08. The minimum atomic E-state index is -0.785. The summed E-state index contributed by atoms with van der Waals surface area (Å²) in [5.41, 5.74) is 3.24. The van der Waals surface area contributed by atoms with Gasteiger partial charge in [0.05, 0.1) is 18.2 Å². The number of benzene rings is 2. The van der Waals surface area contributed by atoms with E-state index in [9.17, 15) is 9.59 Å². The van der Waals surface area contributed by atoms with Gasteiger partial charge in [0.15, 0.2) is 0 Å². The zero-order valence-corrected chi connectivity index (χ0v) is 17.2. The number of pyridine rings is 1. The number of ether oxygens (including phenoxy) is 1. The van der Waals surface area contributed by atoms with Gasteiger partial charge < -0.3 is 10.1 Å². The van der Waals surface area contributed by atoms with Gasteiger partial charge in [0.1, 0.15) is 6.04 Å². The van der Waals surface area contributed by atoms with E-state index in [1.54, 1.807) is 18.3 Å². The predicted molar refractivity (Wildman–Crippen MR) is 114 cm³/mol. The number of para-hydroxylation sites is 1. The van der Waals surface area contributed by atoms with Crippen LogP contribution in [0.15, 0.2) is 60.8 Å². The van der Waals surface area contributed by atoms with E-state index in [0.29, 0.717) is 17.5 Å². The molecular weight excluding hydrogens is 364 g/mol. The molecule has 5 nitrogen and oxygen atoms in total. The summed E-state index contributed by atoms with van der Waals surface area (Å²) in [6.07, 6.45) is 1.99. The summed E-state index contributed by atoms with van der Waals surface area (Å²) in [4.78, 5) is 29.5. The minimum Gasteiger partial charge on any atom is -0.467 e. The Balaban J connectivity index is 1.82. The first-order chi connectivity index (χ1) is 13.8. The third-order valence-corrected chi connectivity index (χ3v) is 4.93. The Labute approximate surface area is 171 Å². The first-order valence-electron chi connectivity index (χ1n) is 9.61. The largest absolute Gasteiger partial charge is 0.467 e. The van der Waals surface area contributed by atoms with Crippen molar-refractivity contribution in [1.29, 1.82) is 0 Å². The zero-order chi connectivity index (χ0) is 21.0. The molecule has 1 atom stereocenters. The molecule has 3 rings (SSSR count). The van der Waals surface area contributed by atoms with Gasteiger partial charge >= 0.3 is 5.97 Å². The lowest BCUT2D eigenvalue weighted by Gasteiger charge is -2.20. The van der Waals surface area contributed by atoms with E-state index in [2.05, 4.69) is 43.2 Å². The van der Waals surface area contributed by atoms with Crippen LogP contribution in [0.25, 0.3) is 10.9 Å². The highest BCUT2D eigenvalue weighted by Crippen LogP contribution is 2.23. The molecule has 0 aliphatic heterocycles. The topological polar surface area (TPSA) is 68.3 Å². The summed E-state index contributed by atoms with van der Waals surface area (Å²) in [6, 6.07) is 16.4. The Morgan fingerprint density at radius 1 is 1.03 bits per heavy atom. The summed E-state index contributed by atoms with van der Waals surface area (Å²) in [5, 5.41) is 3.68. The molecule has 0 fully saturated rings. The van der Waals surface area contributed by atoms with Crippen molar-refractivity contribution >= 4 is 22.8 Å². The maximum absolute atomic E-state index is 12.9. The molecule has 0 bridgehead atoms. The third kappa shape index (κ3) is 4.80. The molecule has 0 aliphatic rings. The normalized spacial score (nSPS) is 12.4. The fourth-order valence-electron chi connectivity index (χ4n) is 3.24. The number of nitrogens with zero attached hydrogens (tertiary/aromatic N) is 1. The van der Waals surface area contributed by atoms with E-state index >= 15 is 0 Å². The highest BCUT2D eigenvalue weighted by molar-refractivity contribution is 6.06. The molecular formula is C24H26N2O3. The smallest absolute Gasteiger partial charge is 0.328 e. The number of hydrogen-bond acceptors (Lipinski definition) is 4. The second-order valence-electron chi connectivity index (χ2n) is 8.08. The number of hydrogen-bond donors (Lipinski definition) is 1. The van der Waals surface area contributed by atoms with Crippen molar-refractivity contribution in [2.75, 3.05) is 7.11 Å². The summed E-state index contributed by atoms with van der Waals surface area (Å²) >= 11 is 0. The van der Waals surface area contributed by atoms with Gasteiger partial charge in [0.2, 0.25) is 0 Å². The van der Waals surface area contributed by atoms with Gasteiger partial charge in [-0.25, -0.2) is 4.79 Å². The quantitative estimate of drug-likeness (QED) is 0.668. The Kier molecular flexibility index (Phi) is 5.97. The van der Waals surface area contributed by atoms with Crippen molar-refractivity contribution in [3.05, 3.63) is 77.5 Å². The summed E-state index contributed by atoms with van der Waals surface area (Å²) in [5.74, 6) is -0.831. The lowest BCUT2D eigenvalue weighted by atomic mass is 9.86. The van der Waals surface area contributed by atoms with Gasteiger partial charge in [0.25, 0.3) is 5.91 Å². The van der Waals surface area contributed by atoms with E-state index in [-0.39, 0.29) is 11.3 Å². The van der Waals surface area contributed by atoms with Crippen molar-refractivity contribution in [2.24, 2.45) is 0 Å². The fraction of sp³-hybridized carbons (Fsp3) is 0.292. The van der Waals surface area contributed by atoms with Crippen molar-refractivity contribution < 1.29 is 14.3 Å². The van der Waals surface area contributed by atoms with E-state index in [1.165, 1.54) is 12.7 Å². The van der Waals surface area contributed by atoms with Crippen LogP contribution in [0.1, 0.15) is 42.3 Å². The molecule has 0 radical (unpaired) electrons. The number of amides is 1. The van der Waals surface area contributed by atoms with Gasteiger partial charge in [-0.15, -0.1) is 0 Å². The number of rotatable bonds is 5. The van der Waals surface area contributed by atoms with Gasteiger partial charge in [-0.1, -0.05) is 63.2 Å². The van der Waals surface area contributed by atoms with Crippen LogP contribution in [0.4, 0.5) is 0 Å². The monoisotopic (exact) mass is 390 g/mol. The lowest BCUT2D eigenvalue weighted by molar-refractivity contribution is -0.142. The van der Waals surface area contributed by atoms with Gasteiger partial charge in [-0.2, -0.15) is 0 Å². The van der Waals surface area contributed by atoms with Crippen LogP contribution in [-0.2, 0) is 21.4 Å². The maximum Gasteiger partial charge on any atom is 0.328 e. The van der Waals surface area contributed by atoms with E-state index in [0.717, 1.165) is 10.9 Å². The first kappa shape index (κ1) is 20.5. The lowest BCUT2D eigenvalue weighted by Crippen LogP contribution is -2.43. The highest BCUT2D eigenvalue weighted by atomic mass is 16.5. The summed E-state index contributed by atoms with van der Waals surface area (Å²) in [6.45, 7) is 6.45. The van der Waals surface area contributed by atoms with Crippen LogP contribution in [0.5, 0.6) is 0 Å². The molecule has 0 spiro atoms. The SMILES string of the molecule is COC(=O)[C@H](Cc1ccc(C(C)(C)C)cc1)NC(=O)c1cccc2cccnc12. The van der Waals surface area contributed by atoms with Gasteiger partial charge in [-0.05, 0) is 28.7 Å². The Morgan fingerprint density at radius 2 is 1.72 bits per heavy atom. The van der Waals surface area contributed by atoms with Crippen molar-refractivity contribution in [1.82, 2.24) is 10.3 Å². The standard InChI is InChI=1S/C24H26N2O3/c1-24(2,3)18-12-10-16(11-13-18)15-20(23(28)29-4)26-22(27)19-9-5-7-17-8-6-14-25-21(17)19/h5-14,20H,15H2,1-4H3,(H,26,27)/t20-/m0/s1. The molecule has 0 aliphatic carbocycles. The molecule has 29 heavy (non-hydrogen) atoms. The molecule has 0 saturated carbocycles. The molecule has 150 valence electrons. The molecule has 1 N–H and O–H groups in total. The molecule has 1 aromatic heterocycles. The van der Waals surface area contributed by atoms with Crippen LogP contribution in [0.3, 0.4) is 0 Å². The Morgan fingerprint density at radius 3 is 2.38 bits per heavy atom. The van der Waals surface area contributed by atoms with Crippen LogP contribution in [0, 0.1) is 0 Å². The Bertz CT molecular complexity index is 1010. The molecule has 1 heterocycles. The molecule has 5 heteroatoms. The predicted octanol–water partition coefficient (Wildman–Crippen LogP) is 4.05. The van der Waals surface area contributed by atoms with E-state index in [4.69, 9.17) is 4.74 Å². The third-order valence-electron chi connectivity index (χ3n) is 4.93. The van der Waals surface area contributed by atoms with Crippen molar-refractivity contribution in [3.8, 4) is 0 Å². The van der Waals surface area contributed by atoms with Crippen molar-refractivity contribution in [3.63, 3.8) is 0 Å². The van der Waals surface area contributed by atoms with E-state index in [1.807, 2.05) is 30.3 Å². The summed E-state index contributed by atoms with van der Waals surface area (Å²) < 4.78 is 4.92. The van der Waals surface area contributed by atoms with Crippen LogP contribution < -0.4 is 5.32 Å². The Hall–Kier alpha value is -3.21. The van der Waals surface area contributed by atoms with Crippen molar-refractivity contribution in [2.45, 2.75) is 38.6 Å². The van der Waals surface area contributed by atoms with Gasteiger partial charge in [-0.3, -0.25) is 9.78 Å². The average molecular weight is 390 g/mol. The zero-order valence-electron chi connectivity index (χ0n) is 17.2. The number of aromatic nitrogens is 1. The summed E-state index contributed by atoms with van der Waals surface area (Å²) in [7, 11) is 1.32. The number of nitrogens with one attached hydrogen (secondary N) is 1. The molecule has 3 aromatic rings. The molecule has 2 aromatic carbocycles. The number of methoxy groups -OCH3 is 1. The fourth-order valence-corrected chi connectivity index (χ4v) is 3.24. The number of fused-ring (bicyclic) bond motifs is 1. The average Bonchev–Trinajstić information content (AvgIpc) is 2.72. The van der Waals surface area contributed by atoms with Gasteiger partial charge in [0, 0.05) is 18.0 Å². The second kappa shape index (κ2) is 8.43. The maximum atomic E-state index is 12.9. The van der Waals surface area contributed by atoms with Crippen LogP contribution in [-0.4, -0.2) is 30.0 Å². The number of carbonyl (C=O) groups excluding carboxylic acids is 2. The van der Waals surface area contributed by atoms with E-state index < -0.39 is 12.0 Å². The molecule has 0 unspecified atom stereocenters.